The number of aromatic nitrogens is 2. The highest BCUT2D eigenvalue weighted by Crippen LogP contribution is 2.22. The van der Waals surface area contributed by atoms with Crippen LogP contribution in [0.15, 0.2) is 0 Å². The lowest BCUT2D eigenvalue weighted by Crippen LogP contribution is -2.40. The number of nitrogens with zero attached hydrogens (tertiary/aromatic N) is 3. The van der Waals surface area contributed by atoms with Gasteiger partial charge < -0.3 is 20.9 Å². The number of ketones is 2. The highest BCUT2D eigenvalue weighted by molar-refractivity contribution is 6.03. The van der Waals surface area contributed by atoms with Crippen molar-refractivity contribution < 1.29 is 19.2 Å². The van der Waals surface area contributed by atoms with E-state index in [0.717, 1.165) is 19.3 Å². The third-order valence-corrected chi connectivity index (χ3v) is 5.76. The van der Waals surface area contributed by atoms with Gasteiger partial charge >= 0.3 is 0 Å². The van der Waals surface area contributed by atoms with Gasteiger partial charge in [0.25, 0.3) is 5.91 Å². The quantitative estimate of drug-likeness (QED) is 0.283. The molecule has 1 unspecified atom stereocenters. The first-order valence-electron chi connectivity index (χ1n) is 12.8. The van der Waals surface area contributed by atoms with Gasteiger partial charge in [0, 0.05) is 44.9 Å². The molecule has 0 aliphatic heterocycles. The third-order valence-electron chi connectivity index (χ3n) is 5.76. The molecule has 0 aliphatic rings. The first kappa shape index (κ1) is 30.0. The van der Waals surface area contributed by atoms with Crippen LogP contribution >= 0.6 is 0 Å². The van der Waals surface area contributed by atoms with Crippen molar-refractivity contribution >= 4 is 35.0 Å². The van der Waals surface area contributed by atoms with Crippen LogP contribution in [-0.2, 0) is 9.59 Å². The predicted octanol–water partition coefficient (Wildman–Crippen LogP) is 3.30. The summed E-state index contributed by atoms with van der Waals surface area (Å²) in [7, 11) is 0. The van der Waals surface area contributed by atoms with Crippen LogP contribution < -0.4 is 16.0 Å². The molecule has 0 radical (unpaired) electrons. The Morgan fingerprint density at radius 2 is 1.40 bits per heavy atom. The maximum Gasteiger partial charge on any atom is 0.274 e. The van der Waals surface area contributed by atoms with E-state index in [1.54, 1.807) is 4.90 Å². The molecule has 1 aromatic heterocycles. The average Bonchev–Trinajstić information content (AvgIpc) is 2.85. The van der Waals surface area contributed by atoms with E-state index < -0.39 is 5.91 Å². The lowest BCUT2D eigenvalue weighted by Gasteiger charge is -2.19. The second-order valence-electron chi connectivity index (χ2n) is 8.21. The van der Waals surface area contributed by atoms with Crippen LogP contribution in [0.5, 0.6) is 0 Å². The molecule has 0 bridgehead atoms. The zero-order chi connectivity index (χ0) is 26.4. The van der Waals surface area contributed by atoms with Crippen LogP contribution in [-0.4, -0.2) is 71.0 Å². The van der Waals surface area contributed by atoms with E-state index in [9.17, 15) is 19.2 Å². The Morgan fingerprint density at radius 3 is 1.91 bits per heavy atom. The molecule has 1 rings (SSSR count). The van der Waals surface area contributed by atoms with Crippen molar-refractivity contribution in [2.45, 2.75) is 73.6 Å². The number of carbonyl (C=O) groups is 4. The minimum absolute atomic E-state index is 0.00299. The van der Waals surface area contributed by atoms with Crippen LogP contribution in [0, 0.1) is 5.92 Å². The van der Waals surface area contributed by atoms with Crippen molar-refractivity contribution in [3.8, 4) is 0 Å². The summed E-state index contributed by atoms with van der Waals surface area (Å²) in [6, 6.07) is 0. The molecule has 196 valence electrons. The molecular weight excluding hydrogens is 448 g/mol. The number of anilines is 2. The molecule has 3 N–H and O–H groups in total. The Kier molecular flexibility index (Phi) is 13.5. The number of hydrogen-bond donors (Lipinski definition) is 3. The van der Waals surface area contributed by atoms with Gasteiger partial charge in [-0.3, -0.25) is 19.2 Å². The van der Waals surface area contributed by atoms with Crippen LogP contribution in [0.25, 0.3) is 0 Å². The maximum atomic E-state index is 13.0. The number of likely N-dealkylation sites (N-methyl/N-ethyl adjacent to an activating group) is 1. The van der Waals surface area contributed by atoms with Crippen molar-refractivity contribution in [2.24, 2.45) is 5.92 Å². The van der Waals surface area contributed by atoms with Crippen molar-refractivity contribution in [1.82, 2.24) is 20.2 Å². The number of rotatable bonds is 17. The van der Waals surface area contributed by atoms with Crippen LogP contribution in [0.3, 0.4) is 0 Å². The lowest BCUT2D eigenvalue weighted by molar-refractivity contribution is -0.129. The van der Waals surface area contributed by atoms with Crippen LogP contribution in [0.2, 0.25) is 0 Å². The normalized spacial score (nSPS) is 11.5. The highest BCUT2D eigenvalue weighted by Gasteiger charge is 2.25. The molecule has 0 saturated carbocycles. The van der Waals surface area contributed by atoms with Crippen molar-refractivity contribution in [3.63, 3.8) is 0 Å². The lowest BCUT2D eigenvalue weighted by atomic mass is 9.92. The topological polar surface area (TPSA) is 133 Å². The number of Topliss-reactive ketones (excluding diaryl/α,β-unsaturated/α-hetero) is 2. The van der Waals surface area contributed by atoms with Gasteiger partial charge in [-0.05, 0) is 40.5 Å². The van der Waals surface area contributed by atoms with Gasteiger partial charge in [0.1, 0.15) is 5.78 Å². The molecule has 1 atom stereocenters. The van der Waals surface area contributed by atoms with Crippen molar-refractivity contribution in [2.75, 3.05) is 43.4 Å². The number of nitrogens with one attached hydrogen (secondary N) is 3. The molecule has 0 aromatic carbocycles. The molecule has 10 heteroatoms. The first-order chi connectivity index (χ1) is 16.8. The molecule has 35 heavy (non-hydrogen) atoms. The summed E-state index contributed by atoms with van der Waals surface area (Å²) in [5.41, 5.74) is 0.0895. The number of amides is 2. The van der Waals surface area contributed by atoms with Gasteiger partial charge in [-0.1, -0.05) is 20.3 Å². The molecule has 0 fully saturated rings. The first-order valence-corrected chi connectivity index (χ1v) is 12.8. The second kappa shape index (κ2) is 15.8. The van der Waals surface area contributed by atoms with Crippen molar-refractivity contribution in [1.29, 1.82) is 0 Å². The van der Waals surface area contributed by atoms with E-state index >= 15 is 0 Å². The summed E-state index contributed by atoms with van der Waals surface area (Å²) in [5.74, 6) is -0.667. The fourth-order valence-electron chi connectivity index (χ4n) is 3.80. The maximum absolute atomic E-state index is 13.0. The number of carbonyl (C=O) groups excluding carboxylic acids is 4. The number of hydrogen-bond acceptors (Lipinski definition) is 8. The summed E-state index contributed by atoms with van der Waals surface area (Å²) in [5, 5.41) is 8.59. The van der Waals surface area contributed by atoms with Gasteiger partial charge in [0.05, 0.1) is 6.54 Å². The minimum Gasteiger partial charge on any atom is -0.368 e. The van der Waals surface area contributed by atoms with Crippen molar-refractivity contribution in [3.05, 3.63) is 11.4 Å². The van der Waals surface area contributed by atoms with E-state index in [0.29, 0.717) is 26.2 Å². The summed E-state index contributed by atoms with van der Waals surface area (Å²) in [4.78, 5) is 61.2. The average molecular weight is 491 g/mol. The summed E-state index contributed by atoms with van der Waals surface area (Å²) < 4.78 is 0. The summed E-state index contributed by atoms with van der Waals surface area (Å²) >= 11 is 0. The predicted molar refractivity (Wildman–Crippen MR) is 138 cm³/mol. The molecule has 10 nitrogen and oxygen atoms in total. The monoisotopic (exact) mass is 490 g/mol. The molecule has 1 heterocycles. The SMILES string of the molecule is CCCC(CC)C(=O)CCC(=O)c1nc(NCC)c(C(=O)NCC(=O)N(CC)CC)nc1NCC. The molecule has 0 saturated heterocycles. The van der Waals surface area contributed by atoms with Gasteiger partial charge in [-0.2, -0.15) is 0 Å². The summed E-state index contributed by atoms with van der Waals surface area (Å²) in [6.07, 6.45) is 2.67. The molecule has 2 amide bonds. The van der Waals surface area contributed by atoms with E-state index in [1.807, 2.05) is 41.5 Å². The standard InChI is InChI=1S/C25H42N6O4/c1-7-13-17(8-2)18(32)14-15-19(33)21-23(26-9-3)30-22(24(29-21)27-10-4)25(35)28-16-20(34)31(11-5)12-6/h17H,7-16H2,1-6H3,(H,26,30)(H,27,29)(H,28,35). The van der Waals surface area contributed by atoms with E-state index in [2.05, 4.69) is 25.9 Å². The summed E-state index contributed by atoms with van der Waals surface area (Å²) in [6.45, 7) is 13.3. The highest BCUT2D eigenvalue weighted by atomic mass is 16.2. The van der Waals surface area contributed by atoms with Crippen LogP contribution in [0.1, 0.15) is 94.6 Å². The zero-order valence-electron chi connectivity index (χ0n) is 22.1. The molecular formula is C25H42N6O4. The fraction of sp³-hybridized carbons (Fsp3) is 0.680. The Bertz CT molecular complexity index is 870. The zero-order valence-corrected chi connectivity index (χ0v) is 22.1. The van der Waals surface area contributed by atoms with E-state index in [1.165, 1.54) is 0 Å². The smallest absolute Gasteiger partial charge is 0.274 e. The van der Waals surface area contributed by atoms with E-state index in [4.69, 9.17) is 0 Å². The van der Waals surface area contributed by atoms with E-state index in [-0.39, 0.29) is 65.8 Å². The molecule has 0 aliphatic carbocycles. The Labute approximate surface area is 209 Å². The molecule has 0 spiro atoms. The van der Waals surface area contributed by atoms with Crippen LogP contribution in [0.4, 0.5) is 11.6 Å². The minimum atomic E-state index is -0.562. The van der Waals surface area contributed by atoms with Gasteiger partial charge in [0.2, 0.25) is 5.91 Å². The Morgan fingerprint density at radius 1 is 0.829 bits per heavy atom. The second-order valence-corrected chi connectivity index (χ2v) is 8.21. The fourth-order valence-corrected chi connectivity index (χ4v) is 3.80. The largest absolute Gasteiger partial charge is 0.368 e. The Balaban J connectivity index is 3.15. The van der Waals surface area contributed by atoms with Gasteiger partial charge in [-0.15, -0.1) is 0 Å². The van der Waals surface area contributed by atoms with Gasteiger partial charge in [0.15, 0.2) is 28.8 Å². The Hall–Kier alpha value is -3.04. The molecule has 1 aromatic rings. The third kappa shape index (κ3) is 8.92. The van der Waals surface area contributed by atoms with Gasteiger partial charge in [-0.25, -0.2) is 9.97 Å².